The largest absolute Gasteiger partial charge is 0.337 e. The fraction of sp³-hybridized carbons (Fsp3) is 0.765. The zero-order chi connectivity index (χ0) is 17.9. The van der Waals surface area contributed by atoms with E-state index in [2.05, 4.69) is 46.6 Å². The smallest absolute Gasteiger partial charge is 0.315 e. The Kier molecular flexibility index (Phi) is 6.23. The van der Waals surface area contributed by atoms with Gasteiger partial charge < -0.3 is 15.5 Å². The highest BCUT2D eigenvalue weighted by atomic mass is 16.2. The third kappa shape index (κ3) is 4.70. The summed E-state index contributed by atoms with van der Waals surface area (Å²) in [4.78, 5) is 16.8. The Morgan fingerprint density at radius 1 is 1.29 bits per heavy atom. The lowest BCUT2D eigenvalue weighted by Gasteiger charge is -2.37. The van der Waals surface area contributed by atoms with Crippen LogP contribution in [0.4, 0.5) is 4.79 Å². The minimum absolute atomic E-state index is 0.0679. The van der Waals surface area contributed by atoms with E-state index in [0.717, 1.165) is 37.4 Å². The van der Waals surface area contributed by atoms with Gasteiger partial charge in [0.15, 0.2) is 0 Å². The molecule has 7 heteroatoms. The summed E-state index contributed by atoms with van der Waals surface area (Å²) in [5.74, 6) is 0. The quantitative estimate of drug-likeness (QED) is 0.822. The van der Waals surface area contributed by atoms with Gasteiger partial charge in [0, 0.05) is 51.0 Å². The lowest BCUT2D eigenvalue weighted by Crippen LogP contribution is -2.55. The van der Waals surface area contributed by atoms with E-state index in [4.69, 9.17) is 0 Å². The lowest BCUT2D eigenvalue weighted by molar-refractivity contribution is 0.114. The minimum atomic E-state index is -0.0941. The van der Waals surface area contributed by atoms with Crippen molar-refractivity contribution in [3.63, 3.8) is 0 Å². The maximum Gasteiger partial charge on any atom is 0.315 e. The van der Waals surface area contributed by atoms with Crippen LogP contribution in [0.1, 0.15) is 23.9 Å². The van der Waals surface area contributed by atoms with Crippen LogP contribution in [0.3, 0.4) is 0 Å². The maximum atomic E-state index is 12.2. The van der Waals surface area contributed by atoms with Gasteiger partial charge in [-0.05, 0) is 46.9 Å². The van der Waals surface area contributed by atoms with Gasteiger partial charge in [-0.1, -0.05) is 0 Å². The normalized spacial score (nSPS) is 20.8. The van der Waals surface area contributed by atoms with Crippen LogP contribution >= 0.6 is 0 Å². The van der Waals surface area contributed by atoms with Gasteiger partial charge in [0.2, 0.25) is 0 Å². The number of carbonyl (C=O) groups excluding carboxylic acids is 1. The molecule has 1 aliphatic rings. The first kappa shape index (κ1) is 18.7. The number of nitrogens with one attached hydrogen (secondary N) is 2. The highest BCUT2D eigenvalue weighted by Gasteiger charge is 2.22. The Morgan fingerprint density at radius 3 is 2.62 bits per heavy atom. The molecule has 2 N–H and O–H groups in total. The van der Waals surface area contributed by atoms with Gasteiger partial charge in [0.1, 0.15) is 0 Å². The number of amides is 2. The molecule has 2 amide bonds. The topological polar surface area (TPSA) is 65.4 Å². The van der Waals surface area contributed by atoms with Crippen molar-refractivity contribution < 1.29 is 4.79 Å². The van der Waals surface area contributed by atoms with Crippen LogP contribution in [-0.2, 0) is 13.5 Å². The fourth-order valence-corrected chi connectivity index (χ4v) is 3.28. The molecule has 136 valence electrons. The van der Waals surface area contributed by atoms with E-state index in [-0.39, 0.29) is 12.1 Å². The van der Waals surface area contributed by atoms with E-state index in [1.165, 1.54) is 5.56 Å². The minimum Gasteiger partial charge on any atom is -0.337 e. The van der Waals surface area contributed by atoms with E-state index in [1.807, 2.05) is 25.6 Å². The molecule has 0 aromatic carbocycles. The van der Waals surface area contributed by atoms with Gasteiger partial charge in [-0.2, -0.15) is 5.10 Å². The Labute approximate surface area is 145 Å². The number of hydrogen-bond donors (Lipinski definition) is 2. The number of likely N-dealkylation sites (N-methyl/N-ethyl adjacent to an activating group) is 2. The summed E-state index contributed by atoms with van der Waals surface area (Å²) in [6.45, 7) is 9.90. The van der Waals surface area contributed by atoms with Crippen LogP contribution in [0.2, 0.25) is 0 Å². The third-order valence-electron chi connectivity index (χ3n) is 5.03. The van der Waals surface area contributed by atoms with Crippen LogP contribution < -0.4 is 10.6 Å². The number of rotatable bonds is 5. The van der Waals surface area contributed by atoms with Crippen molar-refractivity contribution in [2.75, 3.05) is 40.3 Å². The van der Waals surface area contributed by atoms with Crippen molar-refractivity contribution in [2.24, 2.45) is 7.05 Å². The lowest BCUT2D eigenvalue weighted by atomic mass is 10.1. The molecule has 0 spiro atoms. The number of nitrogens with zero attached hydrogens (tertiary/aromatic N) is 4. The summed E-state index contributed by atoms with van der Waals surface area (Å²) in [5.41, 5.74) is 3.42. The summed E-state index contributed by atoms with van der Waals surface area (Å²) >= 11 is 0. The van der Waals surface area contributed by atoms with Crippen molar-refractivity contribution in [1.82, 2.24) is 30.2 Å². The molecule has 7 nitrogen and oxygen atoms in total. The fourth-order valence-electron chi connectivity index (χ4n) is 3.28. The van der Waals surface area contributed by atoms with E-state index in [1.54, 1.807) is 0 Å². The number of aryl methyl sites for hydroxylation is 2. The van der Waals surface area contributed by atoms with Crippen molar-refractivity contribution >= 4 is 6.03 Å². The first-order chi connectivity index (χ1) is 11.3. The van der Waals surface area contributed by atoms with E-state index >= 15 is 0 Å². The van der Waals surface area contributed by atoms with Crippen molar-refractivity contribution in [3.8, 4) is 0 Å². The molecular formula is C17H32N6O. The molecule has 24 heavy (non-hydrogen) atoms. The molecule has 2 atom stereocenters. The van der Waals surface area contributed by atoms with Crippen LogP contribution in [-0.4, -0.2) is 78.0 Å². The standard InChI is InChI=1S/C17H32N6O/c1-12(9-16-13(2)20-23(6)14(16)3)19-17(24)18-10-15-11-21(4)7-8-22(15)5/h12,15H,7-11H2,1-6H3,(H2,18,19,24)/t12-,15-/m1/s1. The van der Waals surface area contributed by atoms with E-state index < -0.39 is 0 Å². The molecule has 0 unspecified atom stereocenters. The van der Waals surface area contributed by atoms with Gasteiger partial charge >= 0.3 is 6.03 Å². The highest BCUT2D eigenvalue weighted by Crippen LogP contribution is 2.14. The average molecular weight is 336 g/mol. The molecule has 0 bridgehead atoms. The molecule has 1 saturated heterocycles. The zero-order valence-electron chi connectivity index (χ0n) is 15.9. The van der Waals surface area contributed by atoms with Crippen LogP contribution in [0.5, 0.6) is 0 Å². The van der Waals surface area contributed by atoms with Crippen LogP contribution in [0.25, 0.3) is 0 Å². The molecule has 1 aliphatic heterocycles. The predicted molar refractivity (Wildman–Crippen MR) is 96.3 cm³/mol. The number of carbonyl (C=O) groups is 1. The molecule has 2 rings (SSSR count). The highest BCUT2D eigenvalue weighted by molar-refractivity contribution is 5.74. The van der Waals surface area contributed by atoms with Gasteiger partial charge in [-0.15, -0.1) is 0 Å². The maximum absolute atomic E-state index is 12.2. The number of urea groups is 1. The van der Waals surface area contributed by atoms with Crippen molar-refractivity contribution in [2.45, 2.75) is 39.3 Å². The second-order valence-electron chi connectivity index (χ2n) is 7.13. The van der Waals surface area contributed by atoms with Gasteiger partial charge in [-0.3, -0.25) is 9.58 Å². The van der Waals surface area contributed by atoms with Crippen molar-refractivity contribution in [1.29, 1.82) is 0 Å². The van der Waals surface area contributed by atoms with Crippen LogP contribution in [0.15, 0.2) is 0 Å². The molecule has 0 saturated carbocycles. The van der Waals surface area contributed by atoms with Crippen molar-refractivity contribution in [3.05, 3.63) is 17.0 Å². The van der Waals surface area contributed by atoms with E-state index in [9.17, 15) is 4.79 Å². The second kappa shape index (κ2) is 7.98. The zero-order valence-corrected chi connectivity index (χ0v) is 15.9. The summed E-state index contributed by atoms with van der Waals surface area (Å²) in [7, 11) is 6.20. The predicted octanol–water partition coefficient (Wildman–Crippen LogP) is 0.513. The molecule has 1 fully saturated rings. The number of hydrogen-bond acceptors (Lipinski definition) is 4. The number of aromatic nitrogens is 2. The molecular weight excluding hydrogens is 304 g/mol. The van der Waals surface area contributed by atoms with Gasteiger partial charge in [0.25, 0.3) is 0 Å². The second-order valence-corrected chi connectivity index (χ2v) is 7.13. The summed E-state index contributed by atoms with van der Waals surface area (Å²) in [5, 5.41) is 10.5. The molecule has 0 aliphatic carbocycles. The molecule has 0 radical (unpaired) electrons. The Bertz CT molecular complexity index is 570. The summed E-state index contributed by atoms with van der Waals surface area (Å²) in [6, 6.07) is 0.342. The molecule has 1 aromatic rings. The molecule has 2 heterocycles. The summed E-state index contributed by atoms with van der Waals surface area (Å²) < 4.78 is 1.90. The Hall–Kier alpha value is -1.60. The van der Waals surface area contributed by atoms with Gasteiger partial charge in [-0.25, -0.2) is 4.79 Å². The van der Waals surface area contributed by atoms with Crippen LogP contribution in [0, 0.1) is 13.8 Å². The van der Waals surface area contributed by atoms with E-state index in [0.29, 0.717) is 12.6 Å². The molecule has 1 aromatic heterocycles. The third-order valence-corrected chi connectivity index (χ3v) is 5.03. The monoisotopic (exact) mass is 336 g/mol. The SMILES string of the molecule is Cc1nn(C)c(C)c1C[C@@H](C)NC(=O)NC[C@@H]1CN(C)CCN1C. The first-order valence-electron chi connectivity index (χ1n) is 8.70. The number of piperazine rings is 1. The van der Waals surface area contributed by atoms with Gasteiger partial charge in [0.05, 0.1) is 5.69 Å². The first-order valence-corrected chi connectivity index (χ1v) is 8.70. The Balaban J connectivity index is 1.79. The average Bonchev–Trinajstić information content (AvgIpc) is 2.74. The summed E-state index contributed by atoms with van der Waals surface area (Å²) in [6.07, 6.45) is 0.797. The Morgan fingerprint density at radius 2 is 2.00 bits per heavy atom.